The summed E-state index contributed by atoms with van der Waals surface area (Å²) in [5, 5.41) is 90.8. The molecule has 0 aliphatic carbocycles. The number of furan rings is 1. The third kappa shape index (κ3) is 21.8. The molecule has 8 N–H and O–H groups in total. The Kier molecular flexibility index (Phi) is 32.7. The molecule has 21 nitrogen and oxygen atoms in total. The first-order chi connectivity index (χ1) is 51.8. The summed E-state index contributed by atoms with van der Waals surface area (Å²) >= 11 is 40.3. The van der Waals surface area contributed by atoms with Crippen LogP contribution in [0.4, 0.5) is 23.3 Å². The minimum Gasteiger partial charge on any atom is -0.456 e. The van der Waals surface area contributed by atoms with Gasteiger partial charge in [0, 0.05) is 105 Å². The van der Waals surface area contributed by atoms with Crippen molar-refractivity contribution in [1.29, 1.82) is 0 Å². The van der Waals surface area contributed by atoms with Gasteiger partial charge in [-0.25, -0.2) is 19.9 Å². The van der Waals surface area contributed by atoms with Crippen LogP contribution in [-0.2, 0) is 28.0 Å². The van der Waals surface area contributed by atoms with Crippen LogP contribution >= 0.6 is 110 Å². The van der Waals surface area contributed by atoms with Crippen molar-refractivity contribution in [2.24, 2.45) is 11.8 Å². The summed E-state index contributed by atoms with van der Waals surface area (Å²) in [6.07, 6.45) is 14.5. The molecular weight excluding hydrogens is 1730 g/mol. The van der Waals surface area contributed by atoms with Gasteiger partial charge in [-0.1, -0.05) is 99.2 Å². The number of hydrogen-bond acceptors (Lipinski definition) is 21. The van der Waals surface area contributed by atoms with Gasteiger partial charge >= 0.3 is 56.4 Å². The highest BCUT2D eigenvalue weighted by atomic mass is 79.9. The molecule has 2 aliphatic rings. The molecule has 12 rings (SSSR count). The van der Waals surface area contributed by atoms with E-state index in [1.54, 1.807) is 93.9 Å². The SMILES string of the molecule is CB(O)N(B(C)O)c1ncc(-c2cc3ccccc3o2)c2cc(CN3CCC(C[B]C=O)CC3)cc(Cl)c12.CB(O)N(B(C)O)c1ncc(Br)c2cc(C)cc(Cl)c12.CB(O)N(B(C)O)c1ncc(Br)c2cc(CBr)cc(Cl)c12.CB(O)N(B(C)O)c1ncc(Br)c2cc(CN3CCC(C[B]C=O)CC3)cc(Cl)c12. The number of carbonyl (C=O) groups excluding carboxylic acids is 2. The van der Waals surface area contributed by atoms with E-state index in [0.29, 0.717) is 87.8 Å². The van der Waals surface area contributed by atoms with Crippen LogP contribution in [0, 0.1) is 18.8 Å². The zero-order chi connectivity index (χ0) is 79.4. The number of anilines is 4. The van der Waals surface area contributed by atoms with E-state index in [1.165, 1.54) is 18.9 Å². The summed E-state index contributed by atoms with van der Waals surface area (Å²) in [5.74, 6) is 3.58. The minimum absolute atomic E-state index is 0.411. The van der Waals surface area contributed by atoms with Crippen LogP contribution in [0.2, 0.25) is 87.3 Å². The number of alkyl halides is 1. The maximum Gasteiger partial charge on any atom is 0.399 e. The van der Waals surface area contributed by atoms with E-state index >= 15 is 0 Å². The van der Waals surface area contributed by atoms with Gasteiger partial charge in [-0.05, 0) is 255 Å². The number of fused-ring (bicyclic) bond motifs is 5. The van der Waals surface area contributed by atoms with E-state index < -0.39 is 56.4 Å². The third-order valence-corrected chi connectivity index (χ3v) is 23.0. The zero-order valence-corrected chi connectivity index (χ0v) is 71.3. The lowest BCUT2D eigenvalue weighted by Crippen LogP contribution is -2.47. The van der Waals surface area contributed by atoms with Crippen LogP contribution in [0.15, 0.2) is 121 Å². The number of para-hydroxylation sites is 1. The van der Waals surface area contributed by atoms with Crippen molar-refractivity contribution in [3.63, 3.8) is 0 Å². The molecule has 2 radical (unpaired) electrons. The van der Waals surface area contributed by atoms with Gasteiger partial charge in [0.1, 0.15) is 34.6 Å². The lowest BCUT2D eigenvalue weighted by Gasteiger charge is -2.32. The summed E-state index contributed by atoms with van der Waals surface area (Å²) in [7, 11) is -3.91. The molecule has 0 amide bonds. The largest absolute Gasteiger partial charge is 0.456 e. The Balaban J connectivity index is 0.000000173. The molecule has 2 saturated heterocycles. The maximum absolute atomic E-state index is 10.7. The average Bonchev–Trinajstić information content (AvgIpc) is 1.61. The summed E-state index contributed by atoms with van der Waals surface area (Å²) < 4.78 is 14.3. The predicted molar refractivity (Wildman–Crippen MR) is 474 cm³/mol. The highest BCUT2D eigenvalue weighted by molar-refractivity contribution is 9.11. The first-order valence-electron chi connectivity index (χ1n) is 35.9. The quantitative estimate of drug-likeness (QED) is 0.0159. The van der Waals surface area contributed by atoms with Crippen LogP contribution in [-0.4, -0.2) is 179 Å². The Labute approximate surface area is 694 Å². The van der Waals surface area contributed by atoms with Crippen LogP contribution in [0.5, 0.6) is 0 Å². The average molecular weight is 1810 g/mol. The standard InChI is InChI=1S/C27H30B3ClN3O4.C19H25B3BrClN3O3.C12H13B2Br2ClN2O2.C12H14B2BrClN2O2/c1-29(36)34(30(2)37)27-26-21(22(15-32-27)25-13-20-5-3-4-6-24(20)38-25)11-19(12-23(26)31)16-33-9-7-18(8-10-33)14-28-17-35;1-21(29)27(22(2)30)19-18-15(16(23)10-25-19)7-14(8-17(18)24)11-26-5-3-13(4-6-26)9-20-12-28;1-13(20)19(14(2)21)12-11-8(9(16)6-18-12)3-7(5-15)4-10(11)17;1-7-4-8-9(15)6-17-12(11(8)10(16)5-7)18(13(2)19)14(3)20/h3-6,11-13,15,17-18,36-37H,7-10,14,16H2,1-2H3;7-8,10,12-13,29-30H,3-6,9,11H2,1-2H3;3-4,6,20-21H,5H2,1-2H3;4-6,19-20H,1-3H3. The number of halogens is 8. The number of carbonyl (C=O) groups is 2. The van der Waals surface area contributed by atoms with Gasteiger partial charge in [-0.15, -0.1) is 0 Å². The normalized spacial score (nSPS) is 13.4. The first-order valence-corrected chi connectivity index (χ1v) is 40.9. The number of benzene rings is 5. The third-order valence-electron chi connectivity index (χ3n) is 19.3. The summed E-state index contributed by atoms with van der Waals surface area (Å²) in [4.78, 5) is 43.8. The number of aryl methyl sites for hydroxylation is 1. The summed E-state index contributed by atoms with van der Waals surface area (Å²) in [6.45, 7) is 20.0. The molecule has 5 aromatic carbocycles. The molecule has 0 unspecified atom stereocenters. The Hall–Kier alpha value is -4.85. The van der Waals surface area contributed by atoms with Gasteiger partial charge in [0.2, 0.25) is 0 Å². The number of rotatable bonds is 24. The Morgan fingerprint density at radius 3 is 1.17 bits per heavy atom. The van der Waals surface area contributed by atoms with Crippen molar-refractivity contribution in [3.05, 3.63) is 159 Å². The second kappa shape index (κ2) is 40.4. The van der Waals surface area contributed by atoms with Gasteiger partial charge in [0.15, 0.2) is 14.6 Å². The number of likely N-dealkylation sites (tertiary alicyclic amines) is 2. The summed E-state index contributed by atoms with van der Waals surface area (Å²) in [5.41, 5.74) is 5.81. The zero-order valence-electron chi connectivity index (χ0n) is 61.9. The molecule has 0 saturated carbocycles. The highest BCUT2D eigenvalue weighted by Crippen LogP contribution is 2.44. The Morgan fingerprint density at radius 1 is 0.477 bits per heavy atom. The topological polar surface area (TPSA) is 280 Å². The Bertz CT molecular complexity index is 4750. The van der Waals surface area contributed by atoms with Crippen LogP contribution in [0.1, 0.15) is 47.9 Å². The lowest BCUT2D eigenvalue weighted by atomic mass is 9.69. The summed E-state index contributed by atoms with van der Waals surface area (Å²) in [6, 6.07) is 25.6. The minimum atomic E-state index is -0.976. The number of piperidine rings is 2. The predicted octanol–water partition coefficient (Wildman–Crippen LogP) is 14.6. The highest BCUT2D eigenvalue weighted by Gasteiger charge is 2.34. The Morgan fingerprint density at radius 2 is 0.807 bits per heavy atom. The van der Waals surface area contributed by atoms with Gasteiger partial charge in [0.05, 0.1) is 32.5 Å². The first kappa shape index (κ1) is 88.1. The monoisotopic (exact) mass is 1800 g/mol. The molecule has 0 bridgehead atoms. The van der Waals surface area contributed by atoms with Gasteiger partial charge < -0.3 is 73.1 Å². The van der Waals surface area contributed by atoms with E-state index in [4.69, 9.17) is 50.8 Å². The number of aromatic nitrogens is 4. The van der Waals surface area contributed by atoms with E-state index in [0.717, 1.165) is 164 Å². The molecule has 0 spiro atoms. The molecule has 2 fully saturated rings. The fourth-order valence-corrected chi connectivity index (χ4v) is 17.1. The van der Waals surface area contributed by atoms with Gasteiger partial charge in [0.25, 0.3) is 0 Å². The van der Waals surface area contributed by atoms with Crippen molar-refractivity contribution in [1.82, 2.24) is 29.7 Å². The molecule has 39 heteroatoms. The number of pyridine rings is 4. The lowest BCUT2D eigenvalue weighted by molar-refractivity contribution is 0.185. The van der Waals surface area contributed by atoms with Crippen LogP contribution < -0.4 is 18.9 Å². The molecular formula is C70H82B10Br4Cl4N10O11. The molecule has 0 atom stereocenters. The molecule has 564 valence electrons. The van der Waals surface area contributed by atoms with Gasteiger partial charge in [-0.3, -0.25) is 9.80 Å². The van der Waals surface area contributed by atoms with Crippen molar-refractivity contribution in [2.45, 2.75) is 118 Å². The van der Waals surface area contributed by atoms with Crippen LogP contribution in [0.3, 0.4) is 0 Å². The molecule has 7 heterocycles. The number of nitrogens with zero attached hydrogens (tertiary/aromatic N) is 10. The molecule has 10 aromatic rings. The van der Waals surface area contributed by atoms with Crippen LogP contribution in [0.25, 0.3) is 65.4 Å². The molecule has 2 aliphatic heterocycles. The maximum atomic E-state index is 10.7. The fraction of sp³-hybridized carbons (Fsp3) is 0.343. The second-order valence-electron chi connectivity index (χ2n) is 27.6. The molecule has 109 heavy (non-hydrogen) atoms. The van der Waals surface area contributed by atoms with Crippen molar-refractivity contribution < 1.29 is 54.2 Å². The van der Waals surface area contributed by atoms with Gasteiger partial charge in [-0.2, -0.15) is 0 Å². The van der Waals surface area contributed by atoms with E-state index in [1.807, 2.05) is 73.7 Å². The second-order valence-corrected chi connectivity index (χ2v) is 32.3. The van der Waals surface area contributed by atoms with Crippen molar-refractivity contribution in [2.75, 3.05) is 45.1 Å². The van der Waals surface area contributed by atoms with Crippen molar-refractivity contribution >= 4 is 271 Å². The smallest absolute Gasteiger partial charge is 0.399 e. The fourth-order valence-electron chi connectivity index (χ4n) is 14.2. The molecule has 5 aromatic heterocycles. The van der Waals surface area contributed by atoms with E-state index in [-0.39, 0.29) is 0 Å². The van der Waals surface area contributed by atoms with E-state index in [9.17, 15) is 49.8 Å². The van der Waals surface area contributed by atoms with Crippen molar-refractivity contribution in [3.8, 4) is 11.3 Å². The number of hydrogen-bond donors (Lipinski definition) is 8. The van der Waals surface area contributed by atoms with E-state index in [2.05, 4.69) is 106 Å².